The van der Waals surface area contributed by atoms with Gasteiger partial charge in [0.15, 0.2) is 0 Å². The second-order valence-corrected chi connectivity index (χ2v) is 10.5. The fraction of sp³-hybridized carbons (Fsp3) is 0.400. The summed E-state index contributed by atoms with van der Waals surface area (Å²) < 4.78 is 11.5. The molecule has 0 saturated carbocycles. The Morgan fingerprint density at radius 3 is 2.43 bits per heavy atom. The monoisotopic (exact) mass is 473 g/mol. The lowest BCUT2D eigenvalue weighted by Gasteiger charge is -2.38. The predicted octanol–water partition coefficient (Wildman–Crippen LogP) is 5.96. The van der Waals surface area contributed by atoms with E-state index in [2.05, 4.69) is 75.1 Å². The van der Waals surface area contributed by atoms with Crippen molar-refractivity contribution in [1.29, 1.82) is 0 Å². The van der Waals surface area contributed by atoms with E-state index in [1.54, 1.807) is 0 Å². The second-order valence-electron chi connectivity index (χ2n) is 10.5. The summed E-state index contributed by atoms with van der Waals surface area (Å²) in [4.78, 5) is 12.9. The number of aryl methyl sites for hydroxylation is 2. The fourth-order valence-electron chi connectivity index (χ4n) is 5.41. The highest BCUT2D eigenvalue weighted by Crippen LogP contribution is 2.35. The van der Waals surface area contributed by atoms with Crippen LogP contribution in [0.15, 0.2) is 48.7 Å². The van der Waals surface area contributed by atoms with Gasteiger partial charge < -0.3 is 14.6 Å². The molecule has 35 heavy (non-hydrogen) atoms. The second kappa shape index (κ2) is 10.6. The maximum Gasteiger partial charge on any atom is 0.290 e. The topological polar surface area (TPSA) is 68.7 Å². The summed E-state index contributed by atoms with van der Waals surface area (Å²) in [5.41, 5.74) is 10.9. The molecule has 0 spiro atoms. The Kier molecular flexibility index (Phi) is 7.56. The van der Waals surface area contributed by atoms with Crippen molar-refractivity contribution in [2.24, 2.45) is 11.3 Å². The zero-order valence-electron chi connectivity index (χ0n) is 21.1. The van der Waals surface area contributed by atoms with Crippen molar-refractivity contribution in [2.75, 3.05) is 13.2 Å². The van der Waals surface area contributed by atoms with Crippen molar-refractivity contribution in [3.63, 3.8) is 0 Å². The molecule has 184 valence electrons. The summed E-state index contributed by atoms with van der Waals surface area (Å²) in [5.74, 6) is 1.44. The molecule has 1 aliphatic carbocycles. The van der Waals surface area contributed by atoms with Gasteiger partial charge in [-0.15, -0.1) is 0 Å². The van der Waals surface area contributed by atoms with E-state index in [4.69, 9.17) is 19.4 Å². The van der Waals surface area contributed by atoms with Crippen molar-refractivity contribution in [3.8, 4) is 17.0 Å². The molecule has 0 radical (unpaired) electrons. The van der Waals surface area contributed by atoms with Crippen LogP contribution in [0.3, 0.4) is 0 Å². The number of nitrogens with zero attached hydrogens (tertiary/aromatic N) is 1. The van der Waals surface area contributed by atoms with E-state index in [-0.39, 0.29) is 6.47 Å². The molecule has 2 heterocycles. The van der Waals surface area contributed by atoms with Gasteiger partial charge in [0.1, 0.15) is 6.61 Å². The first kappa shape index (κ1) is 24.9. The van der Waals surface area contributed by atoms with Crippen LogP contribution in [0.1, 0.15) is 47.2 Å². The van der Waals surface area contributed by atoms with Gasteiger partial charge in [-0.3, -0.25) is 4.79 Å². The molecule has 2 aromatic carbocycles. The average Bonchev–Trinajstić information content (AvgIpc) is 3.16. The number of pyridine rings is 1. The van der Waals surface area contributed by atoms with E-state index in [9.17, 15) is 0 Å². The van der Waals surface area contributed by atoms with Gasteiger partial charge in [-0.2, -0.15) is 0 Å². The van der Waals surface area contributed by atoms with Crippen LogP contribution in [-0.4, -0.2) is 29.8 Å². The third-order valence-electron chi connectivity index (χ3n) is 6.92. The molecular formula is C30H35NO4. The van der Waals surface area contributed by atoms with Crippen LogP contribution in [0.5, 0.6) is 5.88 Å². The smallest absolute Gasteiger partial charge is 0.290 e. The number of benzene rings is 2. The minimum absolute atomic E-state index is 0.250. The van der Waals surface area contributed by atoms with Gasteiger partial charge in [-0.25, -0.2) is 4.98 Å². The maximum absolute atomic E-state index is 8.36. The van der Waals surface area contributed by atoms with Crippen LogP contribution in [-0.2, 0) is 35.4 Å². The van der Waals surface area contributed by atoms with Gasteiger partial charge in [0, 0.05) is 17.7 Å². The molecule has 0 bridgehead atoms. The van der Waals surface area contributed by atoms with Gasteiger partial charge in [0.2, 0.25) is 5.88 Å². The number of aromatic nitrogens is 1. The number of ether oxygens (including phenoxy) is 2. The lowest BCUT2D eigenvalue weighted by Crippen LogP contribution is -2.41. The number of hydrogen-bond donors (Lipinski definition) is 1. The molecule has 5 heteroatoms. The molecule has 1 N–H and O–H groups in total. The molecule has 5 nitrogen and oxygen atoms in total. The van der Waals surface area contributed by atoms with Gasteiger partial charge in [-0.1, -0.05) is 44.2 Å². The lowest BCUT2D eigenvalue weighted by atomic mass is 9.80. The van der Waals surface area contributed by atoms with Crippen molar-refractivity contribution < 1.29 is 19.4 Å². The summed E-state index contributed by atoms with van der Waals surface area (Å²) in [7, 11) is 0. The highest BCUT2D eigenvalue weighted by molar-refractivity contribution is 5.72. The third kappa shape index (κ3) is 5.91. The first-order valence-corrected chi connectivity index (χ1v) is 12.3. The first-order chi connectivity index (χ1) is 16.8. The zero-order valence-corrected chi connectivity index (χ0v) is 21.1. The Bertz CT molecular complexity index is 1180. The molecule has 2 aliphatic rings. The fourth-order valence-corrected chi connectivity index (χ4v) is 5.41. The Labute approximate surface area is 208 Å². The molecule has 3 aromatic rings. The number of rotatable bonds is 6. The first-order valence-electron chi connectivity index (χ1n) is 12.3. The Hall–Kier alpha value is -3.18. The molecule has 1 aromatic heterocycles. The van der Waals surface area contributed by atoms with Gasteiger partial charge in [-0.05, 0) is 89.6 Å². The average molecular weight is 474 g/mol. The molecule has 1 fully saturated rings. The molecule has 1 saturated heterocycles. The van der Waals surface area contributed by atoms with E-state index >= 15 is 0 Å². The van der Waals surface area contributed by atoms with Crippen molar-refractivity contribution in [2.45, 2.75) is 53.6 Å². The highest BCUT2D eigenvalue weighted by atomic mass is 16.5. The third-order valence-corrected chi connectivity index (χ3v) is 6.92. The van der Waals surface area contributed by atoms with Crippen LogP contribution in [0.25, 0.3) is 11.1 Å². The van der Waals surface area contributed by atoms with E-state index in [0.717, 1.165) is 38.4 Å². The molecule has 0 amide bonds. The minimum Gasteiger partial charge on any atom is -0.483 e. The van der Waals surface area contributed by atoms with Gasteiger partial charge >= 0.3 is 0 Å². The number of carboxylic acid groups (broad SMARTS) is 1. The summed E-state index contributed by atoms with van der Waals surface area (Å²) in [5, 5.41) is 6.89. The van der Waals surface area contributed by atoms with Crippen LogP contribution < -0.4 is 4.74 Å². The van der Waals surface area contributed by atoms with Gasteiger partial charge in [0.25, 0.3) is 6.47 Å². The predicted molar refractivity (Wildman–Crippen MR) is 138 cm³/mol. The summed E-state index contributed by atoms with van der Waals surface area (Å²) in [6, 6.07) is 15.6. The largest absolute Gasteiger partial charge is 0.483 e. The zero-order chi connectivity index (χ0) is 25.0. The maximum atomic E-state index is 8.36. The van der Waals surface area contributed by atoms with Crippen LogP contribution in [0.4, 0.5) is 0 Å². The van der Waals surface area contributed by atoms with Gasteiger partial charge in [0.05, 0.1) is 13.2 Å². The van der Waals surface area contributed by atoms with Crippen LogP contribution in [0, 0.1) is 25.2 Å². The SMILES string of the molecule is Cc1cc(CC2(C)COC2)cc(C)c1-c1cccc(COc2cc3c(cn2)C[C@@H](C)C3)c1.O=CO. The number of fused-ring (bicyclic) bond motifs is 1. The molecular weight excluding hydrogens is 438 g/mol. The highest BCUT2D eigenvalue weighted by Gasteiger charge is 2.33. The lowest BCUT2D eigenvalue weighted by molar-refractivity contribution is -0.122. The number of hydrogen-bond acceptors (Lipinski definition) is 4. The van der Waals surface area contributed by atoms with E-state index < -0.39 is 0 Å². The van der Waals surface area contributed by atoms with E-state index in [0.29, 0.717) is 17.9 Å². The standard InChI is InChI=1S/C29H33NO2.CH2O2/c1-19-8-25-13-27(30-15-26(25)9-19)32-16-22-6-5-7-24(12-22)28-20(2)10-23(11-21(28)3)14-29(4)17-31-18-29;2-1-3/h5-7,10-13,15,19H,8-9,14,16-18H2,1-4H3;1H,(H,2,3)/t19-;/m0./s1. The molecule has 0 unspecified atom stereocenters. The van der Waals surface area contributed by atoms with Crippen molar-refractivity contribution in [1.82, 2.24) is 4.98 Å². The van der Waals surface area contributed by atoms with Crippen molar-refractivity contribution in [3.05, 3.63) is 82.0 Å². The van der Waals surface area contributed by atoms with Crippen molar-refractivity contribution >= 4 is 6.47 Å². The normalized spacial score (nSPS) is 17.5. The summed E-state index contributed by atoms with van der Waals surface area (Å²) in [6.45, 7) is 11.1. The minimum atomic E-state index is -0.250. The number of carbonyl (C=O) groups is 1. The Morgan fingerprint density at radius 2 is 1.77 bits per heavy atom. The molecule has 1 atom stereocenters. The van der Waals surface area contributed by atoms with Crippen LogP contribution in [0.2, 0.25) is 0 Å². The van der Waals surface area contributed by atoms with Crippen LogP contribution >= 0.6 is 0 Å². The molecule has 1 aliphatic heterocycles. The van der Waals surface area contributed by atoms with E-state index in [1.165, 1.54) is 44.5 Å². The Morgan fingerprint density at radius 1 is 1.09 bits per heavy atom. The van der Waals surface area contributed by atoms with E-state index in [1.807, 2.05) is 6.20 Å². The summed E-state index contributed by atoms with van der Waals surface area (Å²) in [6.07, 6.45) is 5.34. The quantitative estimate of drug-likeness (QED) is 0.448. The Balaban J connectivity index is 0.000000917. The summed E-state index contributed by atoms with van der Waals surface area (Å²) >= 11 is 0. The molecule has 5 rings (SSSR count).